The molecule has 1 heterocycles. The summed E-state index contributed by atoms with van der Waals surface area (Å²) in [5.41, 5.74) is 3.33. The summed E-state index contributed by atoms with van der Waals surface area (Å²) in [7, 11) is 1.64. The highest BCUT2D eigenvalue weighted by Crippen LogP contribution is 2.21. The highest BCUT2D eigenvalue weighted by atomic mass is 16.2. The first-order chi connectivity index (χ1) is 14.6. The van der Waals surface area contributed by atoms with Crippen LogP contribution >= 0.6 is 0 Å². The molecule has 0 spiro atoms. The molecular formula is C23H25N5O2. The molecule has 7 heteroatoms. The van der Waals surface area contributed by atoms with Gasteiger partial charge in [-0.3, -0.25) is 14.6 Å². The Labute approximate surface area is 176 Å². The number of carbonyl (C=O) groups excluding carboxylic acids is 2. The van der Waals surface area contributed by atoms with Crippen LogP contribution in [0.25, 0.3) is 0 Å². The summed E-state index contributed by atoms with van der Waals surface area (Å²) >= 11 is 0. The minimum atomic E-state index is -0.202. The number of aliphatic imine (C=N–C) groups is 1. The monoisotopic (exact) mass is 403 g/mol. The molecular weight excluding hydrogens is 378 g/mol. The molecule has 1 aliphatic heterocycles. The SMILES string of the molecule is C#Cc1cccc(NC(=O)CNC(=NC)NCc2ccc(N3CCCC3=O)cc2)c1. The van der Waals surface area contributed by atoms with Crippen molar-refractivity contribution in [2.45, 2.75) is 19.4 Å². The van der Waals surface area contributed by atoms with Gasteiger partial charge >= 0.3 is 0 Å². The van der Waals surface area contributed by atoms with Gasteiger partial charge in [-0.15, -0.1) is 6.42 Å². The highest BCUT2D eigenvalue weighted by molar-refractivity contribution is 5.96. The molecule has 1 fully saturated rings. The van der Waals surface area contributed by atoms with E-state index >= 15 is 0 Å². The van der Waals surface area contributed by atoms with Crippen LogP contribution < -0.4 is 20.9 Å². The number of carbonyl (C=O) groups is 2. The third-order valence-electron chi connectivity index (χ3n) is 4.73. The van der Waals surface area contributed by atoms with Gasteiger partial charge in [0.05, 0.1) is 6.54 Å². The Morgan fingerprint density at radius 2 is 2.00 bits per heavy atom. The number of terminal acetylenes is 1. The molecule has 30 heavy (non-hydrogen) atoms. The van der Waals surface area contributed by atoms with E-state index in [0.29, 0.717) is 30.2 Å². The molecule has 7 nitrogen and oxygen atoms in total. The summed E-state index contributed by atoms with van der Waals surface area (Å²) in [5.74, 6) is 3.03. The Hall–Kier alpha value is -3.79. The zero-order valence-corrected chi connectivity index (χ0v) is 16.9. The summed E-state index contributed by atoms with van der Waals surface area (Å²) in [6, 6.07) is 15.0. The van der Waals surface area contributed by atoms with Crippen LogP contribution in [0.5, 0.6) is 0 Å². The van der Waals surface area contributed by atoms with Crippen LogP contribution in [0.1, 0.15) is 24.0 Å². The standard InChI is InChI=1S/C23H25N5O2/c1-3-17-6-4-7-19(14-17)27-21(29)16-26-23(24-2)25-15-18-9-11-20(12-10-18)28-13-5-8-22(28)30/h1,4,6-7,9-12,14H,5,8,13,15-16H2,2H3,(H,27,29)(H2,24,25,26). The molecule has 2 aromatic carbocycles. The Kier molecular flexibility index (Phi) is 7.06. The van der Waals surface area contributed by atoms with Crippen molar-refractivity contribution in [2.24, 2.45) is 4.99 Å². The molecule has 1 saturated heterocycles. The van der Waals surface area contributed by atoms with Crippen LogP contribution in [-0.4, -0.2) is 37.9 Å². The fourth-order valence-corrected chi connectivity index (χ4v) is 3.18. The van der Waals surface area contributed by atoms with Crippen LogP contribution in [0.2, 0.25) is 0 Å². The average molecular weight is 403 g/mol. The van der Waals surface area contributed by atoms with Gasteiger partial charge in [0.15, 0.2) is 5.96 Å². The zero-order valence-electron chi connectivity index (χ0n) is 16.9. The minimum Gasteiger partial charge on any atom is -0.352 e. The predicted octanol–water partition coefficient (Wildman–Crippen LogP) is 2.10. The lowest BCUT2D eigenvalue weighted by molar-refractivity contribution is -0.117. The van der Waals surface area contributed by atoms with E-state index in [1.807, 2.05) is 29.2 Å². The molecule has 1 aliphatic rings. The smallest absolute Gasteiger partial charge is 0.243 e. The number of nitrogens with one attached hydrogen (secondary N) is 3. The molecule has 0 radical (unpaired) electrons. The van der Waals surface area contributed by atoms with Crippen LogP contribution in [0.3, 0.4) is 0 Å². The number of hydrogen-bond donors (Lipinski definition) is 3. The van der Waals surface area contributed by atoms with Crippen molar-refractivity contribution in [3.63, 3.8) is 0 Å². The number of anilines is 2. The maximum atomic E-state index is 12.2. The first-order valence-electron chi connectivity index (χ1n) is 9.79. The van der Waals surface area contributed by atoms with Gasteiger partial charge in [0.2, 0.25) is 11.8 Å². The fraction of sp³-hybridized carbons (Fsp3) is 0.261. The zero-order chi connectivity index (χ0) is 21.3. The molecule has 3 rings (SSSR count). The summed E-state index contributed by atoms with van der Waals surface area (Å²) in [6.45, 7) is 1.39. The van der Waals surface area contributed by atoms with Crippen molar-refractivity contribution in [3.8, 4) is 12.3 Å². The van der Waals surface area contributed by atoms with Crippen LogP contribution in [0.15, 0.2) is 53.5 Å². The van der Waals surface area contributed by atoms with Gasteiger partial charge in [-0.1, -0.05) is 24.1 Å². The van der Waals surface area contributed by atoms with Gasteiger partial charge in [-0.2, -0.15) is 0 Å². The second-order valence-electron chi connectivity index (χ2n) is 6.87. The van der Waals surface area contributed by atoms with E-state index in [1.165, 1.54) is 0 Å². The number of guanidine groups is 1. The Bertz CT molecular complexity index is 976. The van der Waals surface area contributed by atoms with Crippen molar-refractivity contribution >= 4 is 29.1 Å². The average Bonchev–Trinajstić information content (AvgIpc) is 3.20. The number of rotatable bonds is 6. The molecule has 154 valence electrons. The quantitative estimate of drug-likeness (QED) is 0.392. The first kappa shape index (κ1) is 20.9. The van der Waals surface area contributed by atoms with E-state index in [-0.39, 0.29) is 18.4 Å². The Balaban J connectivity index is 1.46. The van der Waals surface area contributed by atoms with E-state index < -0.39 is 0 Å². The number of amides is 2. The predicted molar refractivity (Wildman–Crippen MR) is 119 cm³/mol. The lowest BCUT2D eigenvalue weighted by atomic mass is 10.2. The number of hydrogen-bond acceptors (Lipinski definition) is 3. The molecule has 0 bridgehead atoms. The van der Waals surface area contributed by atoms with Crippen LogP contribution in [-0.2, 0) is 16.1 Å². The highest BCUT2D eigenvalue weighted by Gasteiger charge is 2.21. The summed E-state index contributed by atoms with van der Waals surface area (Å²) in [4.78, 5) is 29.9. The largest absolute Gasteiger partial charge is 0.352 e. The maximum Gasteiger partial charge on any atom is 0.243 e. The van der Waals surface area contributed by atoms with E-state index in [1.54, 1.807) is 31.3 Å². The van der Waals surface area contributed by atoms with Crippen LogP contribution in [0, 0.1) is 12.3 Å². The van der Waals surface area contributed by atoms with Gasteiger partial charge in [0, 0.05) is 43.5 Å². The lowest BCUT2D eigenvalue weighted by Gasteiger charge is -2.16. The molecule has 0 atom stereocenters. The third kappa shape index (κ3) is 5.61. The molecule has 0 saturated carbocycles. The van der Waals surface area contributed by atoms with Crippen molar-refractivity contribution in [1.29, 1.82) is 0 Å². The van der Waals surface area contributed by atoms with Gasteiger partial charge in [-0.25, -0.2) is 0 Å². The second kappa shape index (κ2) is 10.1. The summed E-state index contributed by atoms with van der Waals surface area (Å²) < 4.78 is 0. The van der Waals surface area contributed by atoms with Crippen molar-refractivity contribution in [1.82, 2.24) is 10.6 Å². The van der Waals surface area contributed by atoms with E-state index in [2.05, 4.69) is 26.9 Å². The molecule has 3 N–H and O–H groups in total. The van der Waals surface area contributed by atoms with Gasteiger partial charge < -0.3 is 20.9 Å². The number of benzene rings is 2. The van der Waals surface area contributed by atoms with Crippen molar-refractivity contribution < 1.29 is 9.59 Å². The van der Waals surface area contributed by atoms with Gasteiger partial charge in [-0.05, 0) is 42.3 Å². The molecule has 0 aliphatic carbocycles. The van der Waals surface area contributed by atoms with Gasteiger partial charge in [0.1, 0.15) is 0 Å². The number of nitrogens with zero attached hydrogens (tertiary/aromatic N) is 2. The minimum absolute atomic E-state index is 0.0654. The Morgan fingerprint density at radius 3 is 2.67 bits per heavy atom. The summed E-state index contributed by atoms with van der Waals surface area (Å²) in [6.07, 6.45) is 6.91. The molecule has 0 unspecified atom stereocenters. The first-order valence-corrected chi connectivity index (χ1v) is 9.79. The summed E-state index contributed by atoms with van der Waals surface area (Å²) in [5, 5.41) is 8.95. The van der Waals surface area contributed by atoms with Gasteiger partial charge in [0.25, 0.3) is 0 Å². The van der Waals surface area contributed by atoms with Crippen LogP contribution in [0.4, 0.5) is 11.4 Å². The third-order valence-corrected chi connectivity index (χ3v) is 4.73. The topological polar surface area (TPSA) is 85.8 Å². The molecule has 2 aromatic rings. The molecule has 2 amide bonds. The second-order valence-corrected chi connectivity index (χ2v) is 6.87. The van der Waals surface area contributed by atoms with Crippen molar-refractivity contribution in [2.75, 3.05) is 30.4 Å². The lowest BCUT2D eigenvalue weighted by Crippen LogP contribution is -2.41. The van der Waals surface area contributed by atoms with E-state index in [0.717, 1.165) is 24.2 Å². The fourth-order valence-electron chi connectivity index (χ4n) is 3.18. The molecule has 0 aromatic heterocycles. The normalized spacial score (nSPS) is 13.7. The van der Waals surface area contributed by atoms with E-state index in [9.17, 15) is 9.59 Å². The van der Waals surface area contributed by atoms with E-state index in [4.69, 9.17) is 6.42 Å². The van der Waals surface area contributed by atoms with Crippen molar-refractivity contribution in [3.05, 3.63) is 59.7 Å². The maximum absolute atomic E-state index is 12.2. The Morgan fingerprint density at radius 1 is 1.20 bits per heavy atom.